The minimum atomic E-state index is 0.108. The first kappa shape index (κ1) is 17.3. The van der Waals surface area contributed by atoms with Crippen LogP contribution in [0.1, 0.15) is 47.9 Å². The van der Waals surface area contributed by atoms with Crippen molar-refractivity contribution in [2.24, 2.45) is 0 Å². The van der Waals surface area contributed by atoms with Crippen LogP contribution in [0.15, 0.2) is 36.4 Å². The van der Waals surface area contributed by atoms with Gasteiger partial charge in [0, 0.05) is 29.5 Å². The lowest BCUT2D eigenvalue weighted by Crippen LogP contribution is -2.41. The topological polar surface area (TPSA) is 65.5 Å². The minimum Gasteiger partial charge on any atom is -0.506 e. The molecule has 1 aliphatic rings. The van der Waals surface area contributed by atoms with E-state index in [4.69, 9.17) is 0 Å². The summed E-state index contributed by atoms with van der Waals surface area (Å²) in [5, 5.41) is 13.1. The van der Waals surface area contributed by atoms with Crippen LogP contribution in [0.3, 0.4) is 0 Å². The predicted molar refractivity (Wildman–Crippen MR) is 98.8 cm³/mol. The SMILES string of the molecule is Cc1ccc(O)c(CNc2ccc(C(=O)N3CCCC[C@@H]3C)cc2)n1. The average Bonchev–Trinajstić information content (AvgIpc) is 2.63. The summed E-state index contributed by atoms with van der Waals surface area (Å²) in [6.07, 6.45) is 3.37. The molecule has 1 aromatic carbocycles. The third-order valence-electron chi connectivity index (χ3n) is 4.75. The van der Waals surface area contributed by atoms with E-state index < -0.39 is 0 Å². The molecule has 0 radical (unpaired) electrons. The number of nitrogens with one attached hydrogen (secondary N) is 1. The zero-order valence-electron chi connectivity index (χ0n) is 14.8. The van der Waals surface area contributed by atoms with Crippen molar-refractivity contribution in [3.8, 4) is 5.75 Å². The Labute approximate surface area is 148 Å². The Morgan fingerprint density at radius 1 is 1.24 bits per heavy atom. The van der Waals surface area contributed by atoms with Crippen LogP contribution in [0, 0.1) is 6.92 Å². The van der Waals surface area contributed by atoms with Crippen LogP contribution in [0.25, 0.3) is 0 Å². The number of rotatable bonds is 4. The smallest absolute Gasteiger partial charge is 0.254 e. The lowest BCUT2D eigenvalue weighted by molar-refractivity contribution is 0.0635. The number of hydrogen-bond donors (Lipinski definition) is 2. The lowest BCUT2D eigenvalue weighted by Gasteiger charge is -2.33. The van der Waals surface area contributed by atoms with Crippen LogP contribution in [0.4, 0.5) is 5.69 Å². The Morgan fingerprint density at radius 2 is 2.00 bits per heavy atom. The molecule has 0 spiro atoms. The minimum absolute atomic E-state index is 0.108. The van der Waals surface area contributed by atoms with Gasteiger partial charge in [0.25, 0.3) is 5.91 Å². The summed E-state index contributed by atoms with van der Waals surface area (Å²) in [4.78, 5) is 18.9. The van der Waals surface area contributed by atoms with Crippen molar-refractivity contribution in [2.75, 3.05) is 11.9 Å². The summed E-state index contributed by atoms with van der Waals surface area (Å²) in [6.45, 7) is 5.29. The second-order valence-electron chi connectivity index (χ2n) is 6.69. The van der Waals surface area contributed by atoms with Crippen LogP contribution in [-0.4, -0.2) is 33.5 Å². The van der Waals surface area contributed by atoms with Crippen LogP contribution in [-0.2, 0) is 6.54 Å². The van der Waals surface area contributed by atoms with E-state index in [0.29, 0.717) is 18.3 Å². The van der Waals surface area contributed by atoms with Crippen molar-refractivity contribution in [3.05, 3.63) is 53.3 Å². The molecule has 5 nitrogen and oxygen atoms in total. The molecule has 5 heteroatoms. The molecule has 132 valence electrons. The van der Waals surface area contributed by atoms with E-state index in [9.17, 15) is 9.90 Å². The van der Waals surface area contributed by atoms with Gasteiger partial charge < -0.3 is 15.3 Å². The molecule has 0 unspecified atom stereocenters. The van der Waals surface area contributed by atoms with Crippen LogP contribution in [0.5, 0.6) is 5.75 Å². The molecule has 2 aromatic rings. The number of nitrogens with zero attached hydrogens (tertiary/aromatic N) is 2. The number of likely N-dealkylation sites (tertiary alicyclic amines) is 1. The maximum atomic E-state index is 12.6. The predicted octanol–water partition coefficient (Wildman–Crippen LogP) is 3.72. The highest BCUT2D eigenvalue weighted by molar-refractivity contribution is 5.94. The molecule has 1 atom stereocenters. The van der Waals surface area contributed by atoms with Gasteiger partial charge in [-0.1, -0.05) is 0 Å². The number of carbonyl (C=O) groups excluding carboxylic acids is 1. The van der Waals surface area contributed by atoms with Crippen molar-refractivity contribution >= 4 is 11.6 Å². The number of carbonyl (C=O) groups is 1. The van der Waals surface area contributed by atoms with Gasteiger partial charge in [-0.15, -0.1) is 0 Å². The number of piperidine rings is 1. The first-order valence-corrected chi connectivity index (χ1v) is 8.85. The van der Waals surface area contributed by atoms with Crippen molar-refractivity contribution in [1.82, 2.24) is 9.88 Å². The molecular weight excluding hydrogens is 314 g/mol. The molecule has 2 N–H and O–H groups in total. The summed E-state index contributed by atoms with van der Waals surface area (Å²) in [6, 6.07) is 11.3. The molecule has 1 fully saturated rings. The normalized spacial score (nSPS) is 17.4. The van der Waals surface area contributed by atoms with Gasteiger partial charge in [-0.05, 0) is 69.5 Å². The third-order valence-corrected chi connectivity index (χ3v) is 4.75. The second kappa shape index (κ2) is 7.55. The highest BCUT2D eigenvalue weighted by Gasteiger charge is 2.23. The van der Waals surface area contributed by atoms with Gasteiger partial charge in [-0.25, -0.2) is 0 Å². The molecule has 0 aliphatic carbocycles. The largest absolute Gasteiger partial charge is 0.506 e. The fraction of sp³-hybridized carbons (Fsp3) is 0.400. The zero-order valence-corrected chi connectivity index (χ0v) is 14.8. The maximum absolute atomic E-state index is 12.6. The summed E-state index contributed by atoms with van der Waals surface area (Å²) in [5.41, 5.74) is 3.09. The van der Waals surface area contributed by atoms with Gasteiger partial charge in [0.1, 0.15) is 11.4 Å². The van der Waals surface area contributed by atoms with E-state index in [-0.39, 0.29) is 11.7 Å². The van der Waals surface area contributed by atoms with Crippen LogP contribution in [0.2, 0.25) is 0 Å². The van der Waals surface area contributed by atoms with E-state index in [1.165, 1.54) is 6.42 Å². The molecule has 1 aromatic heterocycles. The van der Waals surface area contributed by atoms with Crippen LogP contribution < -0.4 is 5.32 Å². The molecule has 0 saturated carbocycles. The Kier molecular flexibility index (Phi) is 5.22. The number of aryl methyl sites for hydroxylation is 1. The molecule has 1 aliphatic heterocycles. The quantitative estimate of drug-likeness (QED) is 0.891. The van der Waals surface area contributed by atoms with Gasteiger partial charge in [-0.3, -0.25) is 9.78 Å². The Hall–Kier alpha value is -2.56. The number of benzene rings is 1. The number of aromatic hydroxyl groups is 1. The zero-order chi connectivity index (χ0) is 17.8. The monoisotopic (exact) mass is 339 g/mol. The average molecular weight is 339 g/mol. The van der Waals surface area contributed by atoms with E-state index in [1.54, 1.807) is 12.1 Å². The van der Waals surface area contributed by atoms with Crippen molar-refractivity contribution in [3.63, 3.8) is 0 Å². The van der Waals surface area contributed by atoms with Crippen molar-refractivity contribution < 1.29 is 9.90 Å². The first-order valence-electron chi connectivity index (χ1n) is 8.85. The molecule has 0 bridgehead atoms. The van der Waals surface area contributed by atoms with Gasteiger partial charge >= 0.3 is 0 Å². The van der Waals surface area contributed by atoms with Crippen LogP contribution >= 0.6 is 0 Å². The van der Waals surface area contributed by atoms with E-state index in [0.717, 1.165) is 36.3 Å². The standard InChI is InChI=1S/C20H25N3O2/c1-14-6-11-19(24)18(22-14)13-21-17-9-7-16(8-10-17)20(25)23-12-4-3-5-15(23)2/h6-11,15,21,24H,3-5,12-13H2,1-2H3/t15-/m0/s1. The summed E-state index contributed by atoms with van der Waals surface area (Å²) >= 11 is 0. The lowest BCUT2D eigenvalue weighted by atomic mass is 10.0. The number of hydrogen-bond acceptors (Lipinski definition) is 4. The molecule has 1 amide bonds. The Bertz CT molecular complexity index is 743. The second-order valence-corrected chi connectivity index (χ2v) is 6.69. The molecule has 25 heavy (non-hydrogen) atoms. The number of aromatic nitrogens is 1. The van der Waals surface area contributed by atoms with Crippen molar-refractivity contribution in [2.45, 2.75) is 45.7 Å². The summed E-state index contributed by atoms with van der Waals surface area (Å²) < 4.78 is 0. The van der Waals surface area contributed by atoms with E-state index in [2.05, 4.69) is 17.2 Å². The highest BCUT2D eigenvalue weighted by atomic mass is 16.3. The van der Waals surface area contributed by atoms with Gasteiger partial charge in [0.05, 0.1) is 6.54 Å². The molecule has 1 saturated heterocycles. The third kappa shape index (κ3) is 4.10. The summed E-state index contributed by atoms with van der Waals surface area (Å²) in [7, 11) is 0. The highest BCUT2D eigenvalue weighted by Crippen LogP contribution is 2.21. The number of pyridine rings is 1. The molecule has 2 heterocycles. The van der Waals surface area contributed by atoms with Crippen molar-refractivity contribution in [1.29, 1.82) is 0 Å². The Morgan fingerprint density at radius 3 is 2.72 bits per heavy atom. The Balaban J connectivity index is 1.64. The fourth-order valence-corrected chi connectivity index (χ4v) is 3.22. The van der Waals surface area contributed by atoms with Gasteiger partial charge in [-0.2, -0.15) is 0 Å². The first-order chi connectivity index (χ1) is 12.0. The maximum Gasteiger partial charge on any atom is 0.254 e. The molecule has 3 rings (SSSR count). The number of amides is 1. The van der Waals surface area contributed by atoms with E-state index in [1.807, 2.05) is 36.1 Å². The van der Waals surface area contributed by atoms with Gasteiger partial charge in [0.15, 0.2) is 0 Å². The van der Waals surface area contributed by atoms with E-state index >= 15 is 0 Å². The fourth-order valence-electron chi connectivity index (χ4n) is 3.22. The molecular formula is C20H25N3O2. The number of anilines is 1. The summed E-state index contributed by atoms with van der Waals surface area (Å²) in [5.74, 6) is 0.292. The van der Waals surface area contributed by atoms with Gasteiger partial charge in [0.2, 0.25) is 0 Å².